The van der Waals surface area contributed by atoms with Gasteiger partial charge in [0.15, 0.2) is 0 Å². The average Bonchev–Trinajstić information content (AvgIpc) is 2.33. The third kappa shape index (κ3) is 6.66. The third-order valence-electron chi connectivity index (χ3n) is 2.70. The summed E-state index contributed by atoms with van der Waals surface area (Å²) in [6, 6.07) is 5.22. The molecule has 0 N–H and O–H groups in total. The van der Waals surface area contributed by atoms with E-state index in [1.54, 1.807) is 18.2 Å². The van der Waals surface area contributed by atoms with Crippen molar-refractivity contribution < 1.29 is 8.85 Å². The summed E-state index contributed by atoms with van der Waals surface area (Å²) < 4.78 is 11.8. The predicted molar refractivity (Wildman–Crippen MR) is 84.7 cm³/mol. The lowest BCUT2D eigenvalue weighted by molar-refractivity contribution is 0.241. The van der Waals surface area contributed by atoms with E-state index in [1.807, 2.05) is 13.1 Å². The number of hydrogen-bond acceptors (Lipinski definition) is 2. The van der Waals surface area contributed by atoms with E-state index in [1.165, 1.54) is 19.3 Å². The van der Waals surface area contributed by atoms with Gasteiger partial charge in [0.1, 0.15) is 5.75 Å². The van der Waals surface area contributed by atoms with Gasteiger partial charge < -0.3 is 8.85 Å². The second kappa shape index (κ2) is 8.15. The van der Waals surface area contributed by atoms with Crippen molar-refractivity contribution in [2.75, 3.05) is 6.61 Å². The summed E-state index contributed by atoms with van der Waals surface area (Å²) in [6.07, 6.45) is 4.78. The second-order valence-electron chi connectivity index (χ2n) is 4.99. The summed E-state index contributed by atoms with van der Waals surface area (Å²) in [4.78, 5) is 0. The van der Waals surface area contributed by atoms with Crippen molar-refractivity contribution in [3.8, 4) is 5.75 Å². The molecule has 2 nitrogen and oxygen atoms in total. The minimum absolute atomic E-state index is 0.569. The van der Waals surface area contributed by atoms with Gasteiger partial charge in [0.25, 0.3) is 0 Å². The molecule has 0 fully saturated rings. The maximum absolute atomic E-state index is 6.09. The molecule has 0 saturated carbocycles. The first-order valence-corrected chi connectivity index (χ1v) is 10.3. The summed E-state index contributed by atoms with van der Waals surface area (Å²) in [5.74, 6) is 0.611. The Labute approximate surface area is 127 Å². The molecule has 19 heavy (non-hydrogen) atoms. The van der Waals surface area contributed by atoms with Crippen LogP contribution < -0.4 is 4.43 Å². The Bertz CT molecular complexity index is 397. The lowest BCUT2D eigenvalue weighted by Gasteiger charge is -2.24. The molecule has 0 spiro atoms. The maximum atomic E-state index is 6.09. The highest BCUT2D eigenvalue weighted by molar-refractivity contribution is 6.65. The lowest BCUT2D eigenvalue weighted by atomic mass is 10.2. The van der Waals surface area contributed by atoms with Crippen molar-refractivity contribution in [1.82, 2.24) is 0 Å². The van der Waals surface area contributed by atoms with E-state index in [-0.39, 0.29) is 0 Å². The fourth-order valence-corrected chi connectivity index (χ4v) is 3.47. The number of hydrogen-bond donors (Lipinski definition) is 0. The number of halogens is 2. The van der Waals surface area contributed by atoms with E-state index in [0.717, 1.165) is 13.0 Å². The molecule has 0 aliphatic rings. The van der Waals surface area contributed by atoms with Crippen molar-refractivity contribution in [3.63, 3.8) is 0 Å². The SMILES string of the molecule is CCCCCCO[Si](C)(C)Oc1cc(Cl)ccc1Cl. The molecule has 0 aliphatic carbocycles. The fourth-order valence-electron chi connectivity index (χ4n) is 1.70. The minimum atomic E-state index is -2.20. The van der Waals surface area contributed by atoms with Crippen LogP contribution in [0.4, 0.5) is 0 Å². The number of unbranched alkanes of at least 4 members (excludes halogenated alkanes) is 3. The molecule has 0 heterocycles. The molecule has 0 atom stereocenters. The molecule has 0 aromatic heterocycles. The zero-order valence-corrected chi connectivity index (χ0v) is 14.4. The van der Waals surface area contributed by atoms with Gasteiger partial charge in [0.2, 0.25) is 0 Å². The Kier molecular flexibility index (Phi) is 7.22. The Balaban J connectivity index is 2.46. The standard InChI is InChI=1S/C14H22Cl2O2Si/c1-4-5-6-7-10-17-19(2,3)18-14-11-12(15)8-9-13(14)16/h8-9,11H,4-7,10H2,1-3H3. The highest BCUT2D eigenvalue weighted by Gasteiger charge is 2.27. The summed E-state index contributed by atoms with van der Waals surface area (Å²) >= 11 is 12.0. The van der Waals surface area contributed by atoms with E-state index in [9.17, 15) is 0 Å². The largest absolute Gasteiger partial charge is 0.519 e. The molecule has 0 amide bonds. The van der Waals surface area contributed by atoms with E-state index in [2.05, 4.69) is 6.92 Å². The normalized spacial score (nSPS) is 11.6. The van der Waals surface area contributed by atoms with Crippen LogP contribution in [0.1, 0.15) is 32.6 Å². The van der Waals surface area contributed by atoms with E-state index < -0.39 is 8.56 Å². The van der Waals surface area contributed by atoms with Gasteiger partial charge in [-0.1, -0.05) is 49.4 Å². The van der Waals surface area contributed by atoms with Crippen molar-refractivity contribution in [2.24, 2.45) is 0 Å². The van der Waals surface area contributed by atoms with Crippen LogP contribution in [0.2, 0.25) is 23.1 Å². The quantitative estimate of drug-likeness (QED) is 0.453. The number of benzene rings is 1. The molecule has 0 bridgehead atoms. The van der Waals surface area contributed by atoms with Gasteiger partial charge >= 0.3 is 8.56 Å². The molecule has 0 saturated heterocycles. The van der Waals surface area contributed by atoms with Crippen LogP contribution in [-0.4, -0.2) is 15.2 Å². The van der Waals surface area contributed by atoms with Crippen molar-refractivity contribution >= 4 is 31.8 Å². The highest BCUT2D eigenvalue weighted by Crippen LogP contribution is 2.30. The molecule has 1 aromatic carbocycles. The van der Waals surface area contributed by atoms with Crippen LogP contribution in [0.25, 0.3) is 0 Å². The van der Waals surface area contributed by atoms with Gasteiger partial charge in [0, 0.05) is 11.6 Å². The Morgan fingerprint density at radius 3 is 2.53 bits per heavy atom. The Morgan fingerprint density at radius 2 is 1.84 bits per heavy atom. The first kappa shape index (κ1) is 16.8. The molecule has 5 heteroatoms. The zero-order valence-electron chi connectivity index (χ0n) is 11.8. The molecular formula is C14H22Cl2O2Si. The molecule has 0 radical (unpaired) electrons. The summed E-state index contributed by atoms with van der Waals surface area (Å²) in [5.41, 5.74) is 0. The van der Waals surface area contributed by atoms with E-state index in [4.69, 9.17) is 32.1 Å². The molecule has 108 valence electrons. The third-order valence-corrected chi connectivity index (χ3v) is 4.85. The van der Waals surface area contributed by atoms with E-state index >= 15 is 0 Å². The summed E-state index contributed by atoms with van der Waals surface area (Å²) in [7, 11) is -2.20. The van der Waals surface area contributed by atoms with Gasteiger partial charge in [-0.2, -0.15) is 0 Å². The summed E-state index contributed by atoms with van der Waals surface area (Å²) in [5, 5.41) is 1.19. The average molecular weight is 321 g/mol. The Hall–Kier alpha value is -0.223. The van der Waals surface area contributed by atoms with Crippen molar-refractivity contribution in [1.29, 1.82) is 0 Å². The second-order valence-corrected chi connectivity index (χ2v) is 9.12. The summed E-state index contributed by atoms with van der Waals surface area (Å²) in [6.45, 7) is 6.98. The maximum Gasteiger partial charge on any atom is 0.392 e. The van der Waals surface area contributed by atoms with Crippen LogP contribution in [-0.2, 0) is 4.43 Å². The van der Waals surface area contributed by atoms with Gasteiger partial charge in [-0.3, -0.25) is 0 Å². The Morgan fingerprint density at radius 1 is 1.11 bits per heavy atom. The smallest absolute Gasteiger partial charge is 0.392 e. The van der Waals surface area contributed by atoms with Gasteiger partial charge in [-0.15, -0.1) is 0 Å². The minimum Gasteiger partial charge on any atom is -0.519 e. The van der Waals surface area contributed by atoms with Crippen LogP contribution in [0.3, 0.4) is 0 Å². The number of rotatable bonds is 8. The van der Waals surface area contributed by atoms with Crippen molar-refractivity contribution in [2.45, 2.75) is 45.7 Å². The predicted octanol–water partition coefficient (Wildman–Crippen LogP) is 5.67. The molecule has 0 unspecified atom stereocenters. The molecule has 1 aromatic rings. The lowest BCUT2D eigenvalue weighted by Crippen LogP contribution is -2.38. The first-order valence-electron chi connectivity index (χ1n) is 6.72. The molecule has 0 aliphatic heterocycles. The van der Waals surface area contributed by atoms with Crippen LogP contribution in [0.15, 0.2) is 18.2 Å². The van der Waals surface area contributed by atoms with E-state index in [0.29, 0.717) is 15.8 Å². The molecule has 1 rings (SSSR count). The highest BCUT2D eigenvalue weighted by atomic mass is 35.5. The zero-order chi connectivity index (χ0) is 14.3. The van der Waals surface area contributed by atoms with Gasteiger partial charge in [0.05, 0.1) is 5.02 Å². The van der Waals surface area contributed by atoms with Gasteiger partial charge in [-0.05, 0) is 37.7 Å². The fraction of sp³-hybridized carbons (Fsp3) is 0.571. The topological polar surface area (TPSA) is 18.5 Å². The first-order chi connectivity index (χ1) is 8.94. The monoisotopic (exact) mass is 320 g/mol. The van der Waals surface area contributed by atoms with Crippen LogP contribution in [0.5, 0.6) is 5.75 Å². The van der Waals surface area contributed by atoms with Gasteiger partial charge in [-0.25, -0.2) is 0 Å². The molecular weight excluding hydrogens is 299 g/mol. The van der Waals surface area contributed by atoms with Crippen LogP contribution >= 0.6 is 23.2 Å². The van der Waals surface area contributed by atoms with Crippen molar-refractivity contribution in [3.05, 3.63) is 28.2 Å². The van der Waals surface area contributed by atoms with Crippen LogP contribution in [0, 0.1) is 0 Å².